The predicted molar refractivity (Wildman–Crippen MR) is 152 cm³/mol. The van der Waals surface area contributed by atoms with E-state index in [4.69, 9.17) is 0 Å². The summed E-state index contributed by atoms with van der Waals surface area (Å²) in [6, 6.07) is 11.0. The number of pyridine rings is 1. The number of aryl methyl sites for hydroxylation is 3. The Morgan fingerprint density at radius 3 is 2.66 bits per heavy atom. The van der Waals surface area contributed by atoms with Crippen LogP contribution < -0.4 is 10.6 Å². The number of aromatic nitrogens is 4. The fourth-order valence-electron chi connectivity index (χ4n) is 6.33. The first kappa shape index (κ1) is 27.1. The average molecular weight is 556 g/mol. The molecule has 214 valence electrons. The molecule has 1 fully saturated rings. The molecule has 10 heteroatoms. The molecule has 3 aromatic rings. The Kier molecular flexibility index (Phi) is 7.80. The Balaban J connectivity index is 1.23. The third kappa shape index (κ3) is 6.01. The van der Waals surface area contributed by atoms with Crippen LogP contribution in [0, 0.1) is 5.41 Å². The van der Waals surface area contributed by atoms with Gasteiger partial charge < -0.3 is 15.5 Å². The predicted octanol–water partition coefficient (Wildman–Crippen LogP) is 2.26. The van der Waals surface area contributed by atoms with Gasteiger partial charge in [-0.25, -0.2) is 0 Å². The molecule has 0 saturated carbocycles. The molecule has 2 aromatic heterocycles. The molecule has 3 aliphatic rings. The summed E-state index contributed by atoms with van der Waals surface area (Å²) in [6.45, 7) is 1.98. The Morgan fingerprint density at radius 1 is 1.02 bits per heavy atom. The van der Waals surface area contributed by atoms with Crippen LogP contribution in [0.3, 0.4) is 0 Å². The van der Waals surface area contributed by atoms with Crippen LogP contribution in [0.15, 0.2) is 48.8 Å². The van der Waals surface area contributed by atoms with E-state index in [9.17, 15) is 14.4 Å². The summed E-state index contributed by atoms with van der Waals surface area (Å²) in [5.41, 5.74) is 3.81. The molecule has 4 heterocycles. The Bertz CT molecular complexity index is 1410. The molecule has 10 nitrogen and oxygen atoms in total. The van der Waals surface area contributed by atoms with Crippen molar-refractivity contribution in [2.75, 3.05) is 19.6 Å². The van der Waals surface area contributed by atoms with E-state index in [-0.39, 0.29) is 17.7 Å². The zero-order chi connectivity index (χ0) is 28.2. The lowest BCUT2D eigenvalue weighted by atomic mass is 9.73. The fourth-order valence-corrected chi connectivity index (χ4v) is 6.33. The molecule has 2 aliphatic heterocycles. The minimum atomic E-state index is -0.810. The number of piperidine rings is 1. The lowest BCUT2D eigenvalue weighted by Gasteiger charge is -2.41. The molecule has 1 spiro atoms. The molecule has 2 N–H and O–H groups in total. The summed E-state index contributed by atoms with van der Waals surface area (Å²) < 4.78 is 1.77. The highest BCUT2D eigenvalue weighted by atomic mass is 16.2. The summed E-state index contributed by atoms with van der Waals surface area (Å²) in [5, 5.41) is 14.7. The SMILES string of the molecule is O=C1NCCCn2cc(nn2)CC2(CCN(C(=O)c3cnc4c(c3)CCCC4)CC2)C(=O)N[C@H]1Cc1ccccc1. The van der Waals surface area contributed by atoms with Crippen molar-refractivity contribution >= 4 is 17.7 Å². The Hall–Kier alpha value is -4.08. The summed E-state index contributed by atoms with van der Waals surface area (Å²) in [5.74, 6) is -0.412. The molecule has 1 aromatic carbocycles. The standard InChI is InChI=1S/C31H37N7O3/c39-28-27(17-22-7-2-1-3-8-22)34-30(41)31(19-25-21-38(36-35-25)14-6-13-32-28)11-15-37(16-12-31)29(40)24-18-23-9-4-5-10-26(23)33-20-24/h1-3,7-8,18,20-21,27H,4-6,9-17,19H2,(H,32,39)(H,34,41)/t27-/m0/s1. The molecule has 1 atom stereocenters. The second-order valence-electron chi connectivity index (χ2n) is 11.6. The highest BCUT2D eigenvalue weighted by Crippen LogP contribution is 2.36. The van der Waals surface area contributed by atoms with Gasteiger partial charge in [-0.3, -0.25) is 24.0 Å². The molecule has 1 aliphatic carbocycles. The highest BCUT2D eigenvalue weighted by Gasteiger charge is 2.44. The van der Waals surface area contributed by atoms with E-state index >= 15 is 0 Å². The number of nitrogens with zero attached hydrogens (tertiary/aromatic N) is 5. The number of carbonyl (C=O) groups excluding carboxylic acids is 3. The molecular weight excluding hydrogens is 518 g/mol. The molecule has 41 heavy (non-hydrogen) atoms. The van der Waals surface area contributed by atoms with E-state index in [2.05, 4.69) is 25.9 Å². The lowest BCUT2D eigenvalue weighted by molar-refractivity contribution is -0.137. The van der Waals surface area contributed by atoms with Crippen LogP contribution in [-0.4, -0.2) is 68.3 Å². The molecule has 1 saturated heterocycles. The van der Waals surface area contributed by atoms with Gasteiger partial charge in [-0.2, -0.15) is 0 Å². The topological polar surface area (TPSA) is 122 Å². The van der Waals surface area contributed by atoms with Crippen molar-refractivity contribution in [1.82, 2.24) is 35.5 Å². The zero-order valence-electron chi connectivity index (χ0n) is 23.3. The van der Waals surface area contributed by atoms with Crippen LogP contribution in [0.4, 0.5) is 0 Å². The van der Waals surface area contributed by atoms with Crippen molar-refractivity contribution in [3.8, 4) is 0 Å². The number of nitrogens with one attached hydrogen (secondary N) is 2. The van der Waals surface area contributed by atoms with Gasteiger partial charge in [0.2, 0.25) is 11.8 Å². The van der Waals surface area contributed by atoms with E-state index < -0.39 is 11.5 Å². The maximum Gasteiger partial charge on any atom is 0.255 e. The number of hydrogen-bond donors (Lipinski definition) is 2. The molecule has 2 bridgehead atoms. The average Bonchev–Trinajstić information content (AvgIpc) is 3.45. The number of rotatable bonds is 3. The van der Waals surface area contributed by atoms with Crippen LogP contribution in [-0.2, 0) is 41.8 Å². The molecule has 0 unspecified atom stereocenters. The third-order valence-electron chi connectivity index (χ3n) is 8.78. The monoisotopic (exact) mass is 555 g/mol. The van der Waals surface area contributed by atoms with E-state index in [0.29, 0.717) is 63.8 Å². The number of carbonyl (C=O) groups is 3. The van der Waals surface area contributed by atoms with Crippen molar-refractivity contribution in [3.63, 3.8) is 0 Å². The first-order valence-corrected chi connectivity index (χ1v) is 14.8. The van der Waals surface area contributed by atoms with Crippen LogP contribution in [0.2, 0.25) is 0 Å². The van der Waals surface area contributed by atoms with Crippen molar-refractivity contribution in [2.24, 2.45) is 5.41 Å². The minimum Gasteiger partial charge on any atom is -0.354 e. The number of likely N-dealkylation sites (tertiary alicyclic amines) is 1. The first-order valence-electron chi connectivity index (χ1n) is 14.8. The van der Waals surface area contributed by atoms with Gasteiger partial charge in [0.05, 0.1) is 16.7 Å². The first-order chi connectivity index (χ1) is 20.0. The molecule has 6 rings (SSSR count). The Morgan fingerprint density at radius 2 is 1.83 bits per heavy atom. The van der Waals surface area contributed by atoms with Gasteiger partial charge in [0.15, 0.2) is 0 Å². The van der Waals surface area contributed by atoms with Gasteiger partial charge in [-0.05, 0) is 62.1 Å². The number of benzene rings is 1. The quantitative estimate of drug-likeness (QED) is 0.511. The number of hydrogen-bond acceptors (Lipinski definition) is 6. The molecule has 0 radical (unpaired) electrons. The van der Waals surface area contributed by atoms with Crippen molar-refractivity contribution < 1.29 is 14.4 Å². The number of amides is 3. The van der Waals surface area contributed by atoms with Gasteiger partial charge in [0.1, 0.15) is 6.04 Å². The summed E-state index contributed by atoms with van der Waals surface area (Å²) in [6.07, 6.45) is 10.3. The van der Waals surface area contributed by atoms with Gasteiger partial charge in [-0.15, -0.1) is 5.10 Å². The van der Waals surface area contributed by atoms with Crippen LogP contribution in [0.5, 0.6) is 0 Å². The normalized spacial score (nSPS) is 21.1. The van der Waals surface area contributed by atoms with E-state index in [1.807, 2.05) is 47.5 Å². The van der Waals surface area contributed by atoms with Gasteiger partial charge >= 0.3 is 0 Å². The fraction of sp³-hybridized carbons (Fsp3) is 0.484. The van der Waals surface area contributed by atoms with Crippen LogP contribution in [0.1, 0.15) is 65.0 Å². The van der Waals surface area contributed by atoms with Crippen molar-refractivity contribution in [1.29, 1.82) is 0 Å². The smallest absolute Gasteiger partial charge is 0.255 e. The summed E-state index contributed by atoms with van der Waals surface area (Å²) in [7, 11) is 0. The van der Waals surface area contributed by atoms with Crippen LogP contribution >= 0.6 is 0 Å². The van der Waals surface area contributed by atoms with E-state index in [1.165, 1.54) is 5.56 Å². The third-order valence-corrected chi connectivity index (χ3v) is 8.78. The summed E-state index contributed by atoms with van der Waals surface area (Å²) in [4.78, 5) is 47.3. The number of fused-ring (bicyclic) bond motifs is 3. The van der Waals surface area contributed by atoms with Gasteiger partial charge in [-0.1, -0.05) is 35.5 Å². The van der Waals surface area contributed by atoms with Crippen molar-refractivity contribution in [2.45, 2.75) is 70.4 Å². The largest absolute Gasteiger partial charge is 0.354 e. The second kappa shape index (κ2) is 11.8. The Labute approximate surface area is 239 Å². The van der Waals surface area contributed by atoms with E-state index in [0.717, 1.165) is 42.6 Å². The maximum absolute atomic E-state index is 14.1. The van der Waals surface area contributed by atoms with Gasteiger partial charge in [0.25, 0.3) is 5.91 Å². The molecule has 3 amide bonds. The highest BCUT2D eigenvalue weighted by molar-refractivity contribution is 5.95. The maximum atomic E-state index is 14.1. The molecular formula is C31H37N7O3. The van der Waals surface area contributed by atoms with Crippen molar-refractivity contribution in [3.05, 3.63) is 76.9 Å². The summed E-state index contributed by atoms with van der Waals surface area (Å²) >= 11 is 0. The minimum absolute atomic E-state index is 0.0435. The van der Waals surface area contributed by atoms with Gasteiger partial charge in [0, 0.05) is 57.1 Å². The van der Waals surface area contributed by atoms with E-state index in [1.54, 1.807) is 10.9 Å². The second-order valence-corrected chi connectivity index (χ2v) is 11.6. The van der Waals surface area contributed by atoms with Crippen LogP contribution in [0.25, 0.3) is 0 Å². The lowest BCUT2D eigenvalue weighted by Crippen LogP contribution is -2.56. The zero-order valence-corrected chi connectivity index (χ0v) is 23.3.